The Balaban J connectivity index is 0.000000252. The average molecular weight is 185 g/mol. The van der Waals surface area contributed by atoms with Crippen LogP contribution in [0.2, 0.25) is 0 Å². The highest BCUT2D eigenvalue weighted by Crippen LogP contribution is 1.88. The number of ether oxygens (including phenoxy) is 1. The van der Waals surface area contributed by atoms with Gasteiger partial charge >= 0.3 is 0 Å². The van der Waals surface area contributed by atoms with Crippen molar-refractivity contribution in [3.63, 3.8) is 0 Å². The van der Waals surface area contributed by atoms with Gasteiger partial charge in [-0.1, -0.05) is 0 Å². The van der Waals surface area contributed by atoms with Crippen molar-refractivity contribution in [3.05, 3.63) is 18.2 Å². The second kappa shape index (κ2) is 9.22. The number of nitrogens with one attached hydrogen (secondary N) is 1. The Morgan fingerprint density at radius 3 is 2.46 bits per heavy atom. The molecule has 4 nitrogen and oxygen atoms in total. The van der Waals surface area contributed by atoms with Gasteiger partial charge in [0.15, 0.2) is 0 Å². The second-order valence-corrected chi connectivity index (χ2v) is 2.38. The summed E-state index contributed by atoms with van der Waals surface area (Å²) in [4.78, 5) is 6.82. The first-order chi connectivity index (χ1) is 6.35. The van der Waals surface area contributed by atoms with E-state index in [0.717, 1.165) is 25.3 Å². The molecule has 1 heterocycles. The fourth-order valence-electron chi connectivity index (χ4n) is 0.780. The van der Waals surface area contributed by atoms with Crippen LogP contribution in [-0.4, -0.2) is 29.7 Å². The number of nitrogens with two attached hydrogens (primary N) is 1. The number of hydrogen-bond acceptors (Lipinski definition) is 3. The van der Waals surface area contributed by atoms with Crippen LogP contribution in [-0.2, 0) is 11.2 Å². The topological polar surface area (TPSA) is 63.9 Å². The van der Waals surface area contributed by atoms with E-state index in [1.807, 2.05) is 20.0 Å². The minimum Gasteiger partial charge on any atom is -0.382 e. The molecule has 1 rings (SSSR count). The summed E-state index contributed by atoms with van der Waals surface area (Å²) >= 11 is 0. The molecule has 0 radical (unpaired) electrons. The van der Waals surface area contributed by atoms with Gasteiger partial charge < -0.3 is 15.5 Å². The largest absolute Gasteiger partial charge is 0.382 e. The normalized spacial score (nSPS) is 9.15. The first-order valence-corrected chi connectivity index (χ1v) is 4.60. The maximum atomic E-state index is 5.27. The Morgan fingerprint density at radius 1 is 1.46 bits per heavy atom. The molecule has 0 saturated carbocycles. The SMILES string of the molecule is CCOCC.NCCc1c[nH]cn1. The van der Waals surface area contributed by atoms with E-state index in [4.69, 9.17) is 10.5 Å². The summed E-state index contributed by atoms with van der Waals surface area (Å²) < 4.78 is 4.83. The molecule has 3 N–H and O–H groups in total. The molecule has 0 atom stereocenters. The average Bonchev–Trinajstić information content (AvgIpc) is 2.60. The maximum Gasteiger partial charge on any atom is 0.0923 e. The summed E-state index contributed by atoms with van der Waals surface area (Å²) in [5, 5.41) is 0. The smallest absolute Gasteiger partial charge is 0.0923 e. The summed E-state index contributed by atoms with van der Waals surface area (Å²) in [6.07, 6.45) is 4.38. The molecular formula is C9H19N3O. The molecule has 4 heteroatoms. The third kappa shape index (κ3) is 7.49. The third-order valence-electron chi connectivity index (χ3n) is 1.36. The highest BCUT2D eigenvalue weighted by molar-refractivity contribution is 4.93. The molecule has 76 valence electrons. The van der Waals surface area contributed by atoms with Gasteiger partial charge in [0.05, 0.1) is 12.0 Å². The lowest BCUT2D eigenvalue weighted by atomic mass is 10.3. The van der Waals surface area contributed by atoms with Crippen LogP contribution in [0, 0.1) is 0 Å². The van der Waals surface area contributed by atoms with Crippen molar-refractivity contribution in [1.29, 1.82) is 0 Å². The van der Waals surface area contributed by atoms with Crippen molar-refractivity contribution in [2.75, 3.05) is 19.8 Å². The summed E-state index contributed by atoms with van der Waals surface area (Å²) in [5.41, 5.74) is 6.30. The Hall–Kier alpha value is -0.870. The van der Waals surface area contributed by atoms with Gasteiger partial charge in [0.25, 0.3) is 0 Å². The Kier molecular flexibility index (Phi) is 8.60. The van der Waals surface area contributed by atoms with Crippen molar-refractivity contribution >= 4 is 0 Å². The quantitative estimate of drug-likeness (QED) is 0.734. The highest BCUT2D eigenvalue weighted by Gasteiger charge is 1.87. The Labute approximate surface area is 79.5 Å². The molecule has 0 aliphatic rings. The van der Waals surface area contributed by atoms with E-state index < -0.39 is 0 Å². The number of H-pyrrole nitrogens is 1. The Bertz CT molecular complexity index is 173. The second-order valence-electron chi connectivity index (χ2n) is 2.38. The van der Waals surface area contributed by atoms with Crippen LogP contribution in [0.5, 0.6) is 0 Å². The molecule has 0 aromatic carbocycles. The predicted octanol–water partition coefficient (Wildman–Crippen LogP) is 0.954. The van der Waals surface area contributed by atoms with Gasteiger partial charge in [-0.25, -0.2) is 4.98 Å². The van der Waals surface area contributed by atoms with Crippen LogP contribution >= 0.6 is 0 Å². The highest BCUT2D eigenvalue weighted by atomic mass is 16.5. The van der Waals surface area contributed by atoms with Crippen LogP contribution in [0.4, 0.5) is 0 Å². The van der Waals surface area contributed by atoms with E-state index >= 15 is 0 Å². The van der Waals surface area contributed by atoms with E-state index in [2.05, 4.69) is 9.97 Å². The first-order valence-electron chi connectivity index (χ1n) is 4.60. The molecule has 0 spiro atoms. The summed E-state index contributed by atoms with van der Waals surface area (Å²) in [6, 6.07) is 0. The molecule has 0 aliphatic carbocycles. The summed E-state index contributed by atoms with van der Waals surface area (Å²) in [5.74, 6) is 0. The maximum absolute atomic E-state index is 5.27. The van der Waals surface area contributed by atoms with Gasteiger partial charge in [-0.2, -0.15) is 0 Å². The van der Waals surface area contributed by atoms with Gasteiger partial charge in [0, 0.05) is 25.8 Å². The number of rotatable bonds is 4. The fourth-order valence-corrected chi connectivity index (χ4v) is 0.780. The number of aromatic nitrogens is 2. The van der Waals surface area contributed by atoms with Gasteiger partial charge in [0.1, 0.15) is 0 Å². The van der Waals surface area contributed by atoms with E-state index in [0.29, 0.717) is 6.54 Å². The zero-order valence-electron chi connectivity index (χ0n) is 8.42. The molecule has 0 fully saturated rings. The minimum absolute atomic E-state index is 0.671. The van der Waals surface area contributed by atoms with Crippen molar-refractivity contribution < 1.29 is 4.74 Å². The van der Waals surface area contributed by atoms with Crippen molar-refractivity contribution in [1.82, 2.24) is 9.97 Å². The molecule has 13 heavy (non-hydrogen) atoms. The van der Waals surface area contributed by atoms with E-state index in [1.165, 1.54) is 0 Å². The first kappa shape index (κ1) is 12.1. The van der Waals surface area contributed by atoms with Crippen molar-refractivity contribution in [2.45, 2.75) is 20.3 Å². The lowest BCUT2D eigenvalue weighted by Crippen LogP contribution is -2.02. The van der Waals surface area contributed by atoms with Crippen LogP contribution in [0.1, 0.15) is 19.5 Å². The Morgan fingerprint density at radius 2 is 2.15 bits per heavy atom. The van der Waals surface area contributed by atoms with Crippen LogP contribution < -0.4 is 5.73 Å². The number of imidazole rings is 1. The van der Waals surface area contributed by atoms with E-state index in [-0.39, 0.29) is 0 Å². The molecule has 1 aromatic heterocycles. The number of nitrogens with zero attached hydrogens (tertiary/aromatic N) is 1. The monoisotopic (exact) mass is 185 g/mol. The van der Waals surface area contributed by atoms with Crippen molar-refractivity contribution in [3.8, 4) is 0 Å². The third-order valence-corrected chi connectivity index (χ3v) is 1.36. The predicted molar refractivity (Wildman–Crippen MR) is 53.5 cm³/mol. The lowest BCUT2D eigenvalue weighted by Gasteiger charge is -1.86. The van der Waals surface area contributed by atoms with Gasteiger partial charge in [-0.05, 0) is 20.4 Å². The minimum atomic E-state index is 0.671. The number of hydrogen-bond donors (Lipinski definition) is 2. The van der Waals surface area contributed by atoms with Gasteiger partial charge in [0.2, 0.25) is 0 Å². The molecule has 0 unspecified atom stereocenters. The fraction of sp³-hybridized carbons (Fsp3) is 0.667. The molecule has 0 aliphatic heterocycles. The van der Waals surface area contributed by atoms with Gasteiger partial charge in [-0.3, -0.25) is 0 Å². The summed E-state index contributed by atoms with van der Waals surface area (Å²) in [7, 11) is 0. The van der Waals surface area contributed by atoms with Crippen LogP contribution in [0.3, 0.4) is 0 Å². The van der Waals surface area contributed by atoms with Crippen LogP contribution in [0.25, 0.3) is 0 Å². The summed E-state index contributed by atoms with van der Waals surface area (Å²) in [6.45, 7) is 6.34. The molecular weight excluding hydrogens is 166 g/mol. The zero-order valence-corrected chi connectivity index (χ0v) is 8.42. The zero-order chi connectivity index (χ0) is 9.94. The van der Waals surface area contributed by atoms with Crippen LogP contribution in [0.15, 0.2) is 12.5 Å². The van der Waals surface area contributed by atoms with E-state index in [1.54, 1.807) is 6.33 Å². The molecule has 0 saturated heterocycles. The van der Waals surface area contributed by atoms with Gasteiger partial charge in [-0.15, -0.1) is 0 Å². The standard InChI is InChI=1S/C5H9N3.C4H10O/c6-2-1-5-3-7-4-8-5;1-3-5-4-2/h3-4H,1-2,6H2,(H,7,8);3-4H2,1-2H3. The number of aromatic amines is 1. The lowest BCUT2D eigenvalue weighted by molar-refractivity contribution is 0.162. The molecule has 1 aromatic rings. The van der Waals surface area contributed by atoms with Crippen molar-refractivity contribution in [2.24, 2.45) is 5.73 Å². The van der Waals surface area contributed by atoms with E-state index in [9.17, 15) is 0 Å². The molecule has 0 bridgehead atoms. The molecule has 0 amide bonds.